The lowest BCUT2D eigenvalue weighted by Gasteiger charge is -2.02. The molecule has 80 valence electrons. The topological polar surface area (TPSA) is 73.3 Å². The van der Waals surface area contributed by atoms with E-state index in [1.807, 2.05) is 10.8 Å². The van der Waals surface area contributed by atoms with Crippen LogP contribution in [-0.2, 0) is 17.7 Å². The SMILES string of the molecule is NCCc1cn(CCOCCO)cn1. The van der Waals surface area contributed by atoms with Crippen molar-refractivity contribution in [1.82, 2.24) is 9.55 Å². The number of hydrogen-bond acceptors (Lipinski definition) is 4. The number of aliphatic hydroxyl groups is 1. The summed E-state index contributed by atoms with van der Waals surface area (Å²) >= 11 is 0. The predicted molar refractivity (Wildman–Crippen MR) is 52.9 cm³/mol. The molecule has 0 saturated carbocycles. The molecule has 0 bridgehead atoms. The highest BCUT2D eigenvalue weighted by Gasteiger charge is 1.97. The standard InChI is InChI=1S/C9H17N3O2/c10-2-1-9-7-12(8-11-9)3-5-14-6-4-13/h7-8,13H,1-6,10H2. The number of aromatic nitrogens is 2. The lowest BCUT2D eigenvalue weighted by Crippen LogP contribution is -2.07. The highest BCUT2D eigenvalue weighted by atomic mass is 16.5. The van der Waals surface area contributed by atoms with Gasteiger partial charge in [0.15, 0.2) is 0 Å². The zero-order chi connectivity index (χ0) is 10.2. The van der Waals surface area contributed by atoms with E-state index in [9.17, 15) is 0 Å². The van der Waals surface area contributed by atoms with Crippen LogP contribution in [-0.4, -0.2) is 41.0 Å². The van der Waals surface area contributed by atoms with Gasteiger partial charge in [-0.3, -0.25) is 0 Å². The fourth-order valence-corrected chi connectivity index (χ4v) is 1.14. The van der Waals surface area contributed by atoms with Crippen LogP contribution in [0.15, 0.2) is 12.5 Å². The van der Waals surface area contributed by atoms with E-state index in [0.717, 1.165) is 18.7 Å². The van der Waals surface area contributed by atoms with Gasteiger partial charge in [-0.2, -0.15) is 0 Å². The first-order valence-electron chi connectivity index (χ1n) is 4.76. The van der Waals surface area contributed by atoms with Gasteiger partial charge in [0.2, 0.25) is 0 Å². The lowest BCUT2D eigenvalue weighted by atomic mass is 10.3. The molecular formula is C9H17N3O2. The predicted octanol–water partition coefficient (Wildman–Crippen LogP) is -0.607. The van der Waals surface area contributed by atoms with Gasteiger partial charge in [0.1, 0.15) is 0 Å². The van der Waals surface area contributed by atoms with E-state index in [0.29, 0.717) is 19.8 Å². The highest BCUT2D eigenvalue weighted by Crippen LogP contribution is 1.96. The number of rotatable bonds is 7. The maximum absolute atomic E-state index is 8.48. The van der Waals surface area contributed by atoms with E-state index < -0.39 is 0 Å². The Balaban J connectivity index is 2.22. The summed E-state index contributed by atoms with van der Waals surface area (Å²) in [6.07, 6.45) is 4.55. The van der Waals surface area contributed by atoms with Gasteiger partial charge in [-0.25, -0.2) is 4.98 Å². The van der Waals surface area contributed by atoms with Crippen molar-refractivity contribution >= 4 is 0 Å². The number of imidazole rings is 1. The molecule has 0 unspecified atom stereocenters. The second-order valence-corrected chi connectivity index (χ2v) is 2.98. The summed E-state index contributed by atoms with van der Waals surface area (Å²) in [7, 11) is 0. The van der Waals surface area contributed by atoms with Crippen molar-refractivity contribution in [3.63, 3.8) is 0 Å². The summed E-state index contributed by atoms with van der Waals surface area (Å²) in [5.41, 5.74) is 6.42. The van der Waals surface area contributed by atoms with E-state index in [1.54, 1.807) is 6.33 Å². The summed E-state index contributed by atoms with van der Waals surface area (Å²) in [5, 5.41) is 8.48. The van der Waals surface area contributed by atoms with Gasteiger partial charge in [0.25, 0.3) is 0 Å². The molecule has 0 fully saturated rings. The molecule has 1 aromatic heterocycles. The molecule has 0 atom stereocenters. The molecule has 1 heterocycles. The van der Waals surface area contributed by atoms with Gasteiger partial charge in [0.05, 0.1) is 31.8 Å². The van der Waals surface area contributed by atoms with Crippen molar-refractivity contribution in [2.24, 2.45) is 5.73 Å². The third-order valence-electron chi connectivity index (χ3n) is 1.82. The molecule has 0 saturated heterocycles. The maximum Gasteiger partial charge on any atom is 0.0950 e. The summed E-state index contributed by atoms with van der Waals surface area (Å²) in [4.78, 5) is 4.18. The zero-order valence-corrected chi connectivity index (χ0v) is 8.22. The van der Waals surface area contributed by atoms with Gasteiger partial charge in [-0.1, -0.05) is 0 Å². The van der Waals surface area contributed by atoms with Crippen molar-refractivity contribution in [2.75, 3.05) is 26.4 Å². The molecule has 14 heavy (non-hydrogen) atoms. The average Bonchev–Trinajstić information content (AvgIpc) is 2.61. The van der Waals surface area contributed by atoms with Crippen molar-refractivity contribution in [3.05, 3.63) is 18.2 Å². The van der Waals surface area contributed by atoms with E-state index in [-0.39, 0.29) is 6.61 Å². The molecule has 1 aromatic rings. The van der Waals surface area contributed by atoms with Gasteiger partial charge < -0.3 is 20.1 Å². The van der Waals surface area contributed by atoms with Crippen LogP contribution in [0.2, 0.25) is 0 Å². The third kappa shape index (κ3) is 3.87. The molecule has 0 spiro atoms. The Kier molecular flexibility index (Phi) is 5.21. The van der Waals surface area contributed by atoms with Gasteiger partial charge in [-0.05, 0) is 6.54 Å². The third-order valence-corrected chi connectivity index (χ3v) is 1.82. The minimum atomic E-state index is 0.0718. The molecular weight excluding hydrogens is 182 g/mol. The largest absolute Gasteiger partial charge is 0.394 e. The highest BCUT2D eigenvalue weighted by molar-refractivity contribution is 4.96. The Morgan fingerprint density at radius 3 is 3.07 bits per heavy atom. The Labute approximate surface area is 83.5 Å². The number of nitrogens with zero attached hydrogens (tertiary/aromatic N) is 2. The van der Waals surface area contributed by atoms with Crippen molar-refractivity contribution in [3.8, 4) is 0 Å². The molecule has 1 rings (SSSR count). The maximum atomic E-state index is 8.48. The Hall–Kier alpha value is -0.910. The summed E-state index contributed by atoms with van der Waals surface area (Å²) in [6.45, 7) is 2.45. The van der Waals surface area contributed by atoms with Gasteiger partial charge in [-0.15, -0.1) is 0 Å². The van der Waals surface area contributed by atoms with E-state index in [1.165, 1.54) is 0 Å². The average molecular weight is 199 g/mol. The minimum absolute atomic E-state index is 0.0718. The minimum Gasteiger partial charge on any atom is -0.394 e. The lowest BCUT2D eigenvalue weighted by molar-refractivity contribution is 0.0870. The number of nitrogens with two attached hydrogens (primary N) is 1. The molecule has 0 radical (unpaired) electrons. The molecule has 0 aliphatic rings. The Morgan fingerprint density at radius 1 is 1.50 bits per heavy atom. The number of hydrogen-bond donors (Lipinski definition) is 2. The molecule has 5 heteroatoms. The second-order valence-electron chi connectivity index (χ2n) is 2.98. The van der Waals surface area contributed by atoms with Crippen molar-refractivity contribution in [1.29, 1.82) is 0 Å². The van der Waals surface area contributed by atoms with Crippen LogP contribution in [0.1, 0.15) is 5.69 Å². The van der Waals surface area contributed by atoms with Crippen LogP contribution in [0.3, 0.4) is 0 Å². The van der Waals surface area contributed by atoms with Crippen LogP contribution >= 0.6 is 0 Å². The first-order valence-corrected chi connectivity index (χ1v) is 4.76. The van der Waals surface area contributed by atoms with E-state index in [2.05, 4.69) is 4.98 Å². The fraction of sp³-hybridized carbons (Fsp3) is 0.667. The quantitative estimate of drug-likeness (QED) is 0.575. The molecule has 0 amide bonds. The van der Waals surface area contributed by atoms with Crippen molar-refractivity contribution in [2.45, 2.75) is 13.0 Å². The Morgan fingerprint density at radius 2 is 2.36 bits per heavy atom. The second kappa shape index (κ2) is 6.53. The molecule has 0 aliphatic heterocycles. The van der Waals surface area contributed by atoms with Crippen molar-refractivity contribution < 1.29 is 9.84 Å². The zero-order valence-electron chi connectivity index (χ0n) is 8.22. The number of aliphatic hydroxyl groups excluding tert-OH is 1. The van der Waals surface area contributed by atoms with Gasteiger partial charge >= 0.3 is 0 Å². The monoisotopic (exact) mass is 199 g/mol. The summed E-state index contributed by atoms with van der Waals surface area (Å²) in [5.74, 6) is 0. The molecule has 0 aliphatic carbocycles. The summed E-state index contributed by atoms with van der Waals surface area (Å²) < 4.78 is 7.09. The Bertz CT molecular complexity index is 250. The van der Waals surface area contributed by atoms with E-state index >= 15 is 0 Å². The van der Waals surface area contributed by atoms with Crippen LogP contribution in [0.25, 0.3) is 0 Å². The first-order chi connectivity index (χ1) is 6.86. The first kappa shape index (κ1) is 11.2. The van der Waals surface area contributed by atoms with Crippen LogP contribution < -0.4 is 5.73 Å². The number of ether oxygens (including phenoxy) is 1. The smallest absolute Gasteiger partial charge is 0.0950 e. The molecule has 5 nitrogen and oxygen atoms in total. The normalized spacial score (nSPS) is 10.7. The van der Waals surface area contributed by atoms with Gasteiger partial charge in [0, 0.05) is 19.2 Å². The summed E-state index contributed by atoms with van der Waals surface area (Å²) in [6, 6.07) is 0. The molecule has 3 N–H and O–H groups in total. The van der Waals surface area contributed by atoms with Crippen LogP contribution in [0.5, 0.6) is 0 Å². The van der Waals surface area contributed by atoms with Crippen LogP contribution in [0.4, 0.5) is 0 Å². The fourth-order valence-electron chi connectivity index (χ4n) is 1.14. The van der Waals surface area contributed by atoms with E-state index in [4.69, 9.17) is 15.6 Å². The van der Waals surface area contributed by atoms with Crippen LogP contribution in [0, 0.1) is 0 Å². The molecule has 0 aromatic carbocycles.